The van der Waals surface area contributed by atoms with E-state index in [2.05, 4.69) is 10.6 Å². The lowest BCUT2D eigenvalue weighted by molar-refractivity contribution is 0.211. The van der Waals surface area contributed by atoms with Crippen LogP contribution in [0.5, 0.6) is 11.5 Å². The maximum atomic E-state index is 13.5. The van der Waals surface area contributed by atoms with Crippen LogP contribution in [-0.4, -0.2) is 25.3 Å². The van der Waals surface area contributed by atoms with Crippen molar-refractivity contribution < 1.29 is 18.7 Å². The third kappa shape index (κ3) is 3.59. The summed E-state index contributed by atoms with van der Waals surface area (Å²) in [6, 6.07) is 11.8. The predicted octanol–water partition coefficient (Wildman–Crippen LogP) is 3.34. The summed E-state index contributed by atoms with van der Waals surface area (Å²) in [5.41, 5.74) is 1.90. The minimum absolute atomic E-state index is 0.0837. The van der Waals surface area contributed by atoms with Crippen molar-refractivity contribution in [2.24, 2.45) is 0 Å². The average Bonchev–Trinajstić information content (AvgIpc) is 2.83. The first-order chi connectivity index (χ1) is 12.7. The van der Waals surface area contributed by atoms with Crippen molar-refractivity contribution in [3.63, 3.8) is 0 Å². The molecule has 2 atom stereocenters. The molecule has 0 saturated heterocycles. The van der Waals surface area contributed by atoms with E-state index in [1.54, 1.807) is 6.07 Å². The SMILES string of the molecule is O=C(NC1COc2ccccc2C1)NC1CCCOc2cc(F)ccc21. The molecule has 4 rings (SSSR count). The number of hydrogen-bond donors (Lipinski definition) is 2. The summed E-state index contributed by atoms with van der Waals surface area (Å²) in [6.07, 6.45) is 2.27. The first-order valence-corrected chi connectivity index (χ1v) is 8.89. The zero-order valence-electron chi connectivity index (χ0n) is 14.3. The molecular formula is C20H21FN2O3. The van der Waals surface area contributed by atoms with E-state index in [-0.39, 0.29) is 23.9 Å². The van der Waals surface area contributed by atoms with E-state index >= 15 is 0 Å². The molecule has 0 aliphatic carbocycles. The van der Waals surface area contributed by atoms with Crippen LogP contribution in [0.3, 0.4) is 0 Å². The van der Waals surface area contributed by atoms with Crippen molar-refractivity contribution in [3.05, 3.63) is 59.4 Å². The zero-order chi connectivity index (χ0) is 17.9. The van der Waals surface area contributed by atoms with Crippen LogP contribution in [-0.2, 0) is 6.42 Å². The maximum absolute atomic E-state index is 13.5. The normalized spacial score (nSPS) is 21.3. The van der Waals surface area contributed by atoms with Crippen LogP contribution in [0.1, 0.15) is 30.0 Å². The van der Waals surface area contributed by atoms with Crippen LogP contribution < -0.4 is 20.1 Å². The Morgan fingerprint density at radius 1 is 1.08 bits per heavy atom. The molecule has 6 heteroatoms. The van der Waals surface area contributed by atoms with Crippen LogP contribution in [0.25, 0.3) is 0 Å². The van der Waals surface area contributed by atoms with Gasteiger partial charge >= 0.3 is 6.03 Å². The molecule has 2 aromatic rings. The molecule has 5 nitrogen and oxygen atoms in total. The highest BCUT2D eigenvalue weighted by molar-refractivity contribution is 5.75. The van der Waals surface area contributed by atoms with Gasteiger partial charge in [0.15, 0.2) is 0 Å². The van der Waals surface area contributed by atoms with E-state index in [0.29, 0.717) is 19.0 Å². The van der Waals surface area contributed by atoms with Gasteiger partial charge in [-0.1, -0.05) is 24.3 Å². The summed E-state index contributed by atoms with van der Waals surface area (Å²) >= 11 is 0. The van der Waals surface area contributed by atoms with Gasteiger partial charge in [-0.2, -0.15) is 0 Å². The fourth-order valence-electron chi connectivity index (χ4n) is 3.50. The summed E-state index contributed by atoms with van der Waals surface area (Å²) in [4.78, 5) is 12.5. The second-order valence-corrected chi connectivity index (χ2v) is 6.66. The van der Waals surface area contributed by atoms with Crippen molar-refractivity contribution in [2.75, 3.05) is 13.2 Å². The Morgan fingerprint density at radius 2 is 1.96 bits per heavy atom. The minimum atomic E-state index is -0.341. The topological polar surface area (TPSA) is 59.6 Å². The summed E-state index contributed by atoms with van der Waals surface area (Å²) in [7, 11) is 0. The number of benzene rings is 2. The molecule has 0 spiro atoms. The van der Waals surface area contributed by atoms with Gasteiger partial charge < -0.3 is 20.1 Å². The molecule has 2 heterocycles. The van der Waals surface area contributed by atoms with E-state index < -0.39 is 0 Å². The van der Waals surface area contributed by atoms with E-state index in [1.807, 2.05) is 24.3 Å². The Bertz CT molecular complexity index is 811. The van der Waals surface area contributed by atoms with Gasteiger partial charge in [0, 0.05) is 11.6 Å². The Balaban J connectivity index is 1.41. The van der Waals surface area contributed by atoms with Crippen LogP contribution in [0.15, 0.2) is 42.5 Å². The first kappa shape index (κ1) is 16.7. The molecule has 0 fully saturated rings. The number of carbonyl (C=O) groups is 1. The van der Waals surface area contributed by atoms with Gasteiger partial charge in [-0.25, -0.2) is 9.18 Å². The number of fused-ring (bicyclic) bond motifs is 2. The Labute approximate surface area is 151 Å². The Morgan fingerprint density at radius 3 is 2.88 bits per heavy atom. The lowest BCUT2D eigenvalue weighted by Gasteiger charge is -2.27. The molecule has 0 aromatic heterocycles. The van der Waals surface area contributed by atoms with E-state index in [1.165, 1.54) is 12.1 Å². The maximum Gasteiger partial charge on any atom is 0.315 e. The predicted molar refractivity (Wildman–Crippen MR) is 95.0 cm³/mol. The summed E-state index contributed by atoms with van der Waals surface area (Å²) in [5, 5.41) is 5.98. The molecule has 2 aliphatic heterocycles. The van der Waals surface area contributed by atoms with Gasteiger partial charge in [-0.05, 0) is 37.0 Å². The molecule has 0 bridgehead atoms. The number of rotatable bonds is 2. The highest BCUT2D eigenvalue weighted by atomic mass is 19.1. The molecule has 2 N–H and O–H groups in total. The number of para-hydroxylation sites is 1. The van der Waals surface area contributed by atoms with E-state index in [9.17, 15) is 9.18 Å². The molecule has 2 unspecified atom stereocenters. The highest BCUT2D eigenvalue weighted by Crippen LogP contribution is 2.32. The van der Waals surface area contributed by atoms with Crippen molar-refractivity contribution in [1.82, 2.24) is 10.6 Å². The fraction of sp³-hybridized carbons (Fsp3) is 0.350. The van der Waals surface area contributed by atoms with Crippen molar-refractivity contribution in [3.8, 4) is 11.5 Å². The number of urea groups is 1. The molecular weight excluding hydrogens is 335 g/mol. The van der Waals surface area contributed by atoms with Crippen LogP contribution >= 0.6 is 0 Å². The Hall–Kier alpha value is -2.76. The number of halogens is 1. The smallest absolute Gasteiger partial charge is 0.315 e. The van der Waals surface area contributed by atoms with Crippen LogP contribution in [0.2, 0.25) is 0 Å². The zero-order valence-corrected chi connectivity index (χ0v) is 14.3. The molecule has 0 radical (unpaired) electrons. The van der Waals surface area contributed by atoms with Gasteiger partial charge in [0.1, 0.15) is 23.9 Å². The molecule has 26 heavy (non-hydrogen) atoms. The van der Waals surface area contributed by atoms with Gasteiger partial charge in [0.25, 0.3) is 0 Å². The molecule has 2 aliphatic rings. The number of carbonyl (C=O) groups excluding carboxylic acids is 1. The number of amides is 2. The monoisotopic (exact) mass is 356 g/mol. The van der Waals surface area contributed by atoms with Crippen molar-refractivity contribution >= 4 is 6.03 Å². The molecule has 2 amide bonds. The number of nitrogens with one attached hydrogen (secondary N) is 2. The summed E-state index contributed by atoms with van der Waals surface area (Å²) in [6.45, 7) is 0.962. The Kier molecular flexibility index (Phi) is 4.65. The van der Waals surface area contributed by atoms with E-state index in [0.717, 1.165) is 36.1 Å². The standard InChI is InChI=1S/C20H21FN2O3/c21-14-7-8-16-17(5-3-9-25-19(16)11-14)23-20(24)22-15-10-13-4-1-2-6-18(13)26-12-15/h1-2,4,6-8,11,15,17H,3,5,9-10,12H2,(H2,22,23,24). The number of ether oxygens (including phenoxy) is 2. The average molecular weight is 356 g/mol. The lowest BCUT2D eigenvalue weighted by Crippen LogP contribution is -2.48. The quantitative estimate of drug-likeness (QED) is 0.868. The molecule has 0 saturated carbocycles. The third-order valence-corrected chi connectivity index (χ3v) is 4.77. The van der Waals surface area contributed by atoms with Gasteiger partial charge in [0.05, 0.1) is 18.7 Å². The first-order valence-electron chi connectivity index (χ1n) is 8.89. The largest absolute Gasteiger partial charge is 0.493 e. The number of hydrogen-bond acceptors (Lipinski definition) is 3. The summed E-state index contributed by atoms with van der Waals surface area (Å²) < 4.78 is 24.8. The van der Waals surface area contributed by atoms with Crippen molar-refractivity contribution in [1.29, 1.82) is 0 Å². The summed E-state index contributed by atoms with van der Waals surface area (Å²) in [5.74, 6) is 1.04. The van der Waals surface area contributed by atoms with E-state index in [4.69, 9.17) is 9.47 Å². The van der Waals surface area contributed by atoms with Crippen molar-refractivity contribution in [2.45, 2.75) is 31.3 Å². The van der Waals surface area contributed by atoms with Gasteiger partial charge in [-0.15, -0.1) is 0 Å². The van der Waals surface area contributed by atoms with Crippen LogP contribution in [0, 0.1) is 5.82 Å². The third-order valence-electron chi connectivity index (χ3n) is 4.77. The molecule has 136 valence electrons. The molecule has 2 aromatic carbocycles. The lowest BCUT2D eigenvalue weighted by atomic mass is 10.0. The second kappa shape index (κ2) is 7.23. The second-order valence-electron chi connectivity index (χ2n) is 6.66. The van der Waals surface area contributed by atoms with Crippen LogP contribution in [0.4, 0.5) is 9.18 Å². The van der Waals surface area contributed by atoms with Gasteiger partial charge in [-0.3, -0.25) is 0 Å². The van der Waals surface area contributed by atoms with Gasteiger partial charge in [0.2, 0.25) is 0 Å². The fourth-order valence-corrected chi connectivity index (χ4v) is 3.50. The highest BCUT2D eigenvalue weighted by Gasteiger charge is 2.25. The minimum Gasteiger partial charge on any atom is -0.493 e.